The SMILES string of the molecule is CCCN1c2[nH]c(=O)[nH]c(=O)c2N(CCC)C1C1CC2C=CC1O2. The summed E-state index contributed by atoms with van der Waals surface area (Å²) in [5, 5.41) is 0. The maximum Gasteiger partial charge on any atom is 0.327 e. The molecule has 2 bridgehead atoms. The van der Waals surface area contributed by atoms with Gasteiger partial charge in [-0.1, -0.05) is 26.0 Å². The minimum Gasteiger partial charge on any atom is -0.366 e. The van der Waals surface area contributed by atoms with Crippen molar-refractivity contribution < 1.29 is 4.74 Å². The number of rotatable bonds is 5. The Labute approximate surface area is 140 Å². The molecule has 1 aromatic heterocycles. The highest BCUT2D eigenvalue weighted by molar-refractivity contribution is 5.73. The third-order valence-electron chi connectivity index (χ3n) is 5.20. The van der Waals surface area contributed by atoms with Crippen LogP contribution in [0.25, 0.3) is 0 Å². The molecule has 1 saturated heterocycles. The minimum atomic E-state index is -0.443. The van der Waals surface area contributed by atoms with E-state index < -0.39 is 5.69 Å². The number of aromatic amines is 2. The minimum absolute atomic E-state index is 0.0546. The Morgan fingerprint density at radius 1 is 1.12 bits per heavy atom. The number of hydrogen-bond donors (Lipinski definition) is 2. The largest absolute Gasteiger partial charge is 0.366 e. The van der Waals surface area contributed by atoms with Crippen molar-refractivity contribution >= 4 is 11.5 Å². The van der Waals surface area contributed by atoms with Crippen molar-refractivity contribution in [2.75, 3.05) is 22.9 Å². The average molecular weight is 332 g/mol. The molecule has 24 heavy (non-hydrogen) atoms. The Hall–Kier alpha value is -2.02. The smallest absolute Gasteiger partial charge is 0.327 e. The van der Waals surface area contributed by atoms with Gasteiger partial charge in [-0.2, -0.15) is 0 Å². The molecule has 3 aliphatic rings. The number of anilines is 2. The van der Waals surface area contributed by atoms with Crippen LogP contribution in [0, 0.1) is 5.92 Å². The van der Waals surface area contributed by atoms with Crippen molar-refractivity contribution in [3.8, 4) is 0 Å². The molecule has 0 amide bonds. The van der Waals surface area contributed by atoms with Crippen LogP contribution >= 0.6 is 0 Å². The van der Waals surface area contributed by atoms with Gasteiger partial charge < -0.3 is 14.5 Å². The fourth-order valence-electron chi connectivity index (χ4n) is 4.40. The molecule has 0 radical (unpaired) electrons. The molecule has 3 aliphatic heterocycles. The van der Waals surface area contributed by atoms with Crippen molar-refractivity contribution in [3.05, 3.63) is 33.0 Å². The second kappa shape index (κ2) is 5.81. The highest BCUT2D eigenvalue weighted by Gasteiger charge is 2.49. The summed E-state index contributed by atoms with van der Waals surface area (Å²) in [6.45, 7) is 5.80. The van der Waals surface area contributed by atoms with Crippen molar-refractivity contribution in [2.24, 2.45) is 5.92 Å². The van der Waals surface area contributed by atoms with E-state index in [-0.39, 0.29) is 23.9 Å². The first kappa shape index (κ1) is 15.5. The van der Waals surface area contributed by atoms with E-state index in [4.69, 9.17) is 4.74 Å². The van der Waals surface area contributed by atoms with Gasteiger partial charge in [-0.3, -0.25) is 14.8 Å². The predicted octanol–water partition coefficient (Wildman–Crippen LogP) is 1.18. The fraction of sp³-hybridized carbons (Fsp3) is 0.647. The quantitative estimate of drug-likeness (QED) is 0.791. The lowest BCUT2D eigenvalue weighted by Gasteiger charge is -2.38. The van der Waals surface area contributed by atoms with E-state index in [0.717, 1.165) is 32.4 Å². The maximum atomic E-state index is 12.5. The molecule has 1 fully saturated rings. The van der Waals surface area contributed by atoms with Gasteiger partial charge in [0.2, 0.25) is 0 Å². The van der Waals surface area contributed by atoms with E-state index >= 15 is 0 Å². The van der Waals surface area contributed by atoms with Gasteiger partial charge in [0.25, 0.3) is 5.56 Å². The van der Waals surface area contributed by atoms with Crippen molar-refractivity contribution in [1.82, 2.24) is 9.97 Å². The van der Waals surface area contributed by atoms with E-state index in [2.05, 4.69) is 45.8 Å². The number of nitrogens with zero attached hydrogens (tertiary/aromatic N) is 2. The van der Waals surface area contributed by atoms with Gasteiger partial charge in [-0.15, -0.1) is 0 Å². The summed E-state index contributed by atoms with van der Waals surface area (Å²) >= 11 is 0. The highest BCUT2D eigenvalue weighted by atomic mass is 16.5. The first-order valence-corrected chi connectivity index (χ1v) is 8.87. The maximum absolute atomic E-state index is 12.5. The summed E-state index contributed by atoms with van der Waals surface area (Å²) in [7, 11) is 0. The van der Waals surface area contributed by atoms with Crippen LogP contribution in [0.15, 0.2) is 21.7 Å². The Balaban J connectivity index is 1.81. The van der Waals surface area contributed by atoms with Gasteiger partial charge in [-0.05, 0) is 19.3 Å². The molecule has 0 saturated carbocycles. The number of aromatic nitrogens is 2. The Morgan fingerprint density at radius 2 is 1.88 bits per heavy atom. The number of H-pyrrole nitrogens is 2. The summed E-state index contributed by atoms with van der Waals surface area (Å²) in [5.41, 5.74) is -0.145. The fourth-order valence-corrected chi connectivity index (χ4v) is 4.40. The molecule has 130 valence electrons. The molecular weight excluding hydrogens is 308 g/mol. The van der Waals surface area contributed by atoms with E-state index in [1.807, 2.05) is 0 Å². The lowest BCUT2D eigenvalue weighted by atomic mass is 9.90. The van der Waals surface area contributed by atoms with E-state index in [0.29, 0.717) is 17.4 Å². The third-order valence-corrected chi connectivity index (χ3v) is 5.20. The Kier molecular flexibility index (Phi) is 3.75. The summed E-state index contributed by atoms with van der Waals surface area (Å²) in [6, 6.07) is 0. The topological polar surface area (TPSA) is 81.4 Å². The molecule has 0 aromatic carbocycles. The van der Waals surface area contributed by atoms with Gasteiger partial charge >= 0.3 is 5.69 Å². The average Bonchev–Trinajstić information content (AvgIpc) is 3.22. The molecular formula is C17H24N4O3. The Morgan fingerprint density at radius 3 is 2.50 bits per heavy atom. The first-order chi connectivity index (χ1) is 11.6. The normalized spacial score (nSPS) is 30.4. The lowest BCUT2D eigenvalue weighted by Crippen LogP contribution is -2.51. The zero-order valence-electron chi connectivity index (χ0n) is 14.1. The van der Waals surface area contributed by atoms with Crippen molar-refractivity contribution in [1.29, 1.82) is 0 Å². The summed E-state index contributed by atoms with van der Waals surface area (Å²) < 4.78 is 5.98. The van der Waals surface area contributed by atoms with Crippen LogP contribution in [0.5, 0.6) is 0 Å². The molecule has 4 heterocycles. The summed E-state index contributed by atoms with van der Waals surface area (Å²) in [6.07, 6.45) is 7.46. The van der Waals surface area contributed by atoms with Gasteiger partial charge in [-0.25, -0.2) is 4.79 Å². The molecule has 4 rings (SSSR count). The van der Waals surface area contributed by atoms with Crippen LogP contribution in [0.3, 0.4) is 0 Å². The zero-order chi connectivity index (χ0) is 16.8. The molecule has 7 heteroatoms. The molecule has 0 aliphatic carbocycles. The second-order valence-electron chi connectivity index (χ2n) is 6.83. The molecule has 7 nitrogen and oxygen atoms in total. The molecule has 4 unspecified atom stereocenters. The van der Waals surface area contributed by atoms with Crippen molar-refractivity contribution in [3.63, 3.8) is 0 Å². The predicted molar refractivity (Wildman–Crippen MR) is 92.7 cm³/mol. The standard InChI is InChI=1S/C17H24N4O3/c1-3-7-20-13-14(18-17(23)19-15(13)22)21(8-4-2)16(20)11-9-10-5-6-12(11)24-10/h5-6,10-12,16H,3-4,7-9H2,1-2H3,(H2,18,19,22,23). The van der Waals surface area contributed by atoms with Crippen LogP contribution in [-0.4, -0.2) is 41.4 Å². The van der Waals surface area contributed by atoms with E-state index in [1.54, 1.807) is 0 Å². The van der Waals surface area contributed by atoms with Crippen LogP contribution < -0.4 is 21.0 Å². The number of nitrogens with one attached hydrogen (secondary N) is 2. The molecule has 1 aromatic rings. The van der Waals surface area contributed by atoms with Gasteiger partial charge in [0.1, 0.15) is 17.7 Å². The molecule has 2 N–H and O–H groups in total. The molecule has 4 atom stereocenters. The number of fused-ring (bicyclic) bond motifs is 3. The van der Waals surface area contributed by atoms with Crippen LogP contribution in [0.4, 0.5) is 11.5 Å². The first-order valence-electron chi connectivity index (χ1n) is 8.87. The second-order valence-corrected chi connectivity index (χ2v) is 6.83. The lowest BCUT2D eigenvalue weighted by molar-refractivity contribution is 0.104. The van der Waals surface area contributed by atoms with E-state index in [9.17, 15) is 9.59 Å². The van der Waals surface area contributed by atoms with Crippen LogP contribution in [-0.2, 0) is 4.74 Å². The zero-order valence-corrected chi connectivity index (χ0v) is 14.1. The molecule has 0 spiro atoms. The summed E-state index contributed by atoms with van der Waals surface area (Å²) in [5.74, 6) is 0.962. The van der Waals surface area contributed by atoms with Crippen LogP contribution in [0.2, 0.25) is 0 Å². The number of hydrogen-bond acceptors (Lipinski definition) is 5. The highest BCUT2D eigenvalue weighted by Crippen LogP contribution is 2.44. The monoisotopic (exact) mass is 332 g/mol. The third kappa shape index (κ3) is 2.22. The van der Waals surface area contributed by atoms with Gasteiger partial charge in [0.05, 0.1) is 12.2 Å². The van der Waals surface area contributed by atoms with Crippen LogP contribution in [0.1, 0.15) is 33.1 Å². The van der Waals surface area contributed by atoms with Gasteiger partial charge in [0, 0.05) is 19.0 Å². The number of ether oxygens (including phenoxy) is 1. The summed E-state index contributed by atoms with van der Waals surface area (Å²) in [4.78, 5) is 33.9. The van der Waals surface area contributed by atoms with Gasteiger partial charge in [0.15, 0.2) is 0 Å². The van der Waals surface area contributed by atoms with Crippen molar-refractivity contribution in [2.45, 2.75) is 51.5 Å². The van der Waals surface area contributed by atoms with E-state index in [1.165, 1.54) is 0 Å². The Bertz CT molecular complexity index is 768.